The van der Waals surface area contributed by atoms with E-state index in [-0.39, 0.29) is 5.75 Å². The monoisotopic (exact) mass is 317 g/mol. The number of benzene rings is 1. The highest BCUT2D eigenvalue weighted by atomic mass is 35.5. The maximum absolute atomic E-state index is 12.4. The summed E-state index contributed by atoms with van der Waals surface area (Å²) in [5.41, 5.74) is 0.975. The highest BCUT2D eigenvalue weighted by molar-refractivity contribution is 6.30. The molecular formula is C16H22ClF2NO. The normalized spacial score (nSPS) is 18.0. The summed E-state index contributed by atoms with van der Waals surface area (Å²) in [5.74, 6) is 0.190. The van der Waals surface area contributed by atoms with Crippen molar-refractivity contribution >= 4 is 11.6 Å². The molecule has 0 unspecified atom stereocenters. The lowest BCUT2D eigenvalue weighted by Gasteiger charge is -2.33. The van der Waals surface area contributed by atoms with Crippen molar-refractivity contribution in [2.24, 2.45) is 5.41 Å². The fourth-order valence-corrected chi connectivity index (χ4v) is 3.17. The second-order valence-electron chi connectivity index (χ2n) is 6.11. The Morgan fingerprint density at radius 3 is 2.67 bits per heavy atom. The lowest BCUT2D eigenvalue weighted by Crippen LogP contribution is -2.33. The summed E-state index contributed by atoms with van der Waals surface area (Å²) in [7, 11) is 0. The number of hydrogen-bond donors (Lipinski definition) is 1. The van der Waals surface area contributed by atoms with Crippen LogP contribution in [-0.2, 0) is 6.54 Å². The van der Waals surface area contributed by atoms with Crippen LogP contribution >= 0.6 is 11.6 Å². The van der Waals surface area contributed by atoms with Crippen LogP contribution in [0.5, 0.6) is 5.75 Å². The van der Waals surface area contributed by atoms with Gasteiger partial charge in [0.2, 0.25) is 0 Å². The van der Waals surface area contributed by atoms with Crippen LogP contribution in [-0.4, -0.2) is 13.2 Å². The van der Waals surface area contributed by atoms with Gasteiger partial charge in [0, 0.05) is 23.7 Å². The third kappa shape index (κ3) is 5.11. The highest BCUT2D eigenvalue weighted by Gasteiger charge is 2.26. The SMILES string of the molecule is CC1(CNCc2cc(Cl)ccc2OC(F)F)CCCCC1. The molecule has 2 rings (SSSR count). The number of rotatable bonds is 6. The first-order valence-electron chi connectivity index (χ1n) is 7.42. The number of alkyl halides is 2. The van der Waals surface area contributed by atoms with Crippen molar-refractivity contribution in [1.29, 1.82) is 0 Å². The van der Waals surface area contributed by atoms with Gasteiger partial charge >= 0.3 is 6.61 Å². The molecule has 1 N–H and O–H groups in total. The van der Waals surface area contributed by atoms with Crippen molar-refractivity contribution in [2.75, 3.05) is 6.54 Å². The average Bonchev–Trinajstić information content (AvgIpc) is 2.42. The van der Waals surface area contributed by atoms with Crippen LogP contribution in [0.2, 0.25) is 5.02 Å². The summed E-state index contributed by atoms with van der Waals surface area (Å²) < 4.78 is 29.3. The molecule has 0 bridgehead atoms. The molecule has 5 heteroatoms. The topological polar surface area (TPSA) is 21.3 Å². The molecule has 0 atom stereocenters. The van der Waals surface area contributed by atoms with Crippen LogP contribution < -0.4 is 10.1 Å². The van der Waals surface area contributed by atoms with Gasteiger partial charge in [0.05, 0.1) is 0 Å². The minimum absolute atomic E-state index is 0.190. The van der Waals surface area contributed by atoms with Gasteiger partial charge in [-0.3, -0.25) is 0 Å². The maximum Gasteiger partial charge on any atom is 0.387 e. The molecule has 1 aromatic rings. The van der Waals surface area contributed by atoms with Gasteiger partial charge in [0.25, 0.3) is 0 Å². The first kappa shape index (κ1) is 16.5. The van der Waals surface area contributed by atoms with Gasteiger partial charge in [-0.15, -0.1) is 0 Å². The summed E-state index contributed by atoms with van der Waals surface area (Å²) in [4.78, 5) is 0. The van der Waals surface area contributed by atoms with Crippen molar-refractivity contribution in [2.45, 2.75) is 52.2 Å². The fourth-order valence-electron chi connectivity index (χ4n) is 2.98. The van der Waals surface area contributed by atoms with Crippen molar-refractivity contribution in [3.05, 3.63) is 28.8 Å². The number of hydrogen-bond acceptors (Lipinski definition) is 2. The molecule has 0 spiro atoms. The van der Waals surface area contributed by atoms with Crippen molar-refractivity contribution in [3.8, 4) is 5.75 Å². The number of nitrogens with one attached hydrogen (secondary N) is 1. The zero-order chi connectivity index (χ0) is 15.3. The van der Waals surface area contributed by atoms with E-state index in [1.165, 1.54) is 38.2 Å². The van der Waals surface area contributed by atoms with E-state index in [0.29, 0.717) is 22.5 Å². The molecule has 2 nitrogen and oxygen atoms in total. The Hall–Kier alpha value is -0.870. The highest BCUT2D eigenvalue weighted by Crippen LogP contribution is 2.35. The Morgan fingerprint density at radius 1 is 1.29 bits per heavy atom. The van der Waals surface area contributed by atoms with Crippen LogP contribution in [0.1, 0.15) is 44.6 Å². The molecule has 1 aliphatic rings. The average molecular weight is 318 g/mol. The molecule has 21 heavy (non-hydrogen) atoms. The van der Waals surface area contributed by atoms with Gasteiger partial charge < -0.3 is 10.1 Å². The van der Waals surface area contributed by atoms with Crippen LogP contribution in [0.3, 0.4) is 0 Å². The lowest BCUT2D eigenvalue weighted by atomic mass is 9.76. The van der Waals surface area contributed by atoms with Crippen LogP contribution in [0, 0.1) is 5.41 Å². The lowest BCUT2D eigenvalue weighted by molar-refractivity contribution is -0.0505. The fraction of sp³-hybridized carbons (Fsp3) is 0.625. The Morgan fingerprint density at radius 2 is 2.00 bits per heavy atom. The standard InChI is InChI=1S/C16H22ClF2NO/c1-16(7-3-2-4-8-16)11-20-10-12-9-13(17)5-6-14(12)21-15(18)19/h5-6,9,15,20H,2-4,7-8,10-11H2,1H3. The molecular weight excluding hydrogens is 296 g/mol. The minimum Gasteiger partial charge on any atom is -0.434 e. The van der Waals surface area contributed by atoms with Gasteiger partial charge in [-0.05, 0) is 36.5 Å². The molecule has 1 fully saturated rings. The third-order valence-corrected chi connectivity index (χ3v) is 4.40. The first-order chi connectivity index (χ1) is 9.98. The molecule has 0 aromatic heterocycles. The van der Waals surface area contributed by atoms with Crippen molar-refractivity contribution < 1.29 is 13.5 Å². The Kier molecular flexibility index (Phi) is 5.82. The van der Waals surface area contributed by atoms with E-state index in [9.17, 15) is 8.78 Å². The van der Waals surface area contributed by atoms with E-state index in [0.717, 1.165) is 6.54 Å². The zero-order valence-corrected chi connectivity index (χ0v) is 13.1. The summed E-state index contributed by atoms with van der Waals surface area (Å²) in [6.45, 7) is 0.834. The largest absolute Gasteiger partial charge is 0.434 e. The van der Waals surface area contributed by atoms with Gasteiger partial charge in [0.15, 0.2) is 0 Å². The van der Waals surface area contributed by atoms with Gasteiger partial charge in [-0.25, -0.2) is 0 Å². The molecule has 0 aliphatic heterocycles. The van der Waals surface area contributed by atoms with Crippen LogP contribution in [0.15, 0.2) is 18.2 Å². The van der Waals surface area contributed by atoms with Crippen LogP contribution in [0.25, 0.3) is 0 Å². The number of halogens is 3. The maximum atomic E-state index is 12.4. The molecule has 0 heterocycles. The van der Waals surface area contributed by atoms with E-state index in [4.69, 9.17) is 11.6 Å². The molecule has 118 valence electrons. The number of ether oxygens (including phenoxy) is 1. The van der Waals surface area contributed by atoms with Crippen molar-refractivity contribution in [1.82, 2.24) is 5.32 Å². The van der Waals surface area contributed by atoms with Crippen molar-refractivity contribution in [3.63, 3.8) is 0 Å². The second kappa shape index (κ2) is 7.41. The zero-order valence-electron chi connectivity index (χ0n) is 12.3. The van der Waals surface area contributed by atoms with E-state index in [2.05, 4.69) is 17.0 Å². The molecule has 1 aliphatic carbocycles. The molecule has 0 radical (unpaired) electrons. The molecule has 0 amide bonds. The Balaban J connectivity index is 1.94. The predicted octanol–water partition coefficient (Wildman–Crippen LogP) is 5.00. The first-order valence-corrected chi connectivity index (χ1v) is 7.80. The smallest absolute Gasteiger partial charge is 0.387 e. The molecule has 1 aromatic carbocycles. The van der Waals surface area contributed by atoms with Crippen LogP contribution in [0.4, 0.5) is 8.78 Å². The summed E-state index contributed by atoms with van der Waals surface area (Å²) in [5, 5.41) is 3.89. The molecule has 1 saturated carbocycles. The van der Waals surface area contributed by atoms with E-state index in [1.54, 1.807) is 12.1 Å². The summed E-state index contributed by atoms with van der Waals surface area (Å²) in [6.07, 6.45) is 6.30. The Bertz CT molecular complexity index is 462. The predicted molar refractivity (Wildman–Crippen MR) is 81.0 cm³/mol. The quantitative estimate of drug-likeness (QED) is 0.797. The van der Waals surface area contributed by atoms with Gasteiger partial charge in [-0.1, -0.05) is 37.8 Å². The summed E-state index contributed by atoms with van der Waals surface area (Å²) >= 11 is 5.94. The van der Waals surface area contributed by atoms with E-state index in [1.807, 2.05) is 0 Å². The van der Waals surface area contributed by atoms with E-state index < -0.39 is 6.61 Å². The van der Waals surface area contributed by atoms with E-state index >= 15 is 0 Å². The second-order valence-corrected chi connectivity index (χ2v) is 6.54. The van der Waals surface area contributed by atoms with Gasteiger partial charge in [0.1, 0.15) is 5.75 Å². The Labute approximate surface area is 129 Å². The summed E-state index contributed by atoms with van der Waals surface area (Å²) in [6, 6.07) is 4.73. The third-order valence-electron chi connectivity index (χ3n) is 4.17. The molecule has 0 saturated heterocycles. The van der Waals surface area contributed by atoms with Gasteiger partial charge in [-0.2, -0.15) is 8.78 Å². The minimum atomic E-state index is -2.82.